The number of rotatable bonds is 4. The highest BCUT2D eigenvalue weighted by Gasteiger charge is 2.13. The second-order valence-corrected chi connectivity index (χ2v) is 10.4. The molecule has 7 aromatic rings. The normalized spacial score (nSPS) is 11.2. The van der Waals surface area contributed by atoms with Gasteiger partial charge >= 0.3 is 0 Å². The molecule has 1 heteroatoms. The molecule has 0 saturated carbocycles. The first-order chi connectivity index (χ1) is 18.3. The zero-order valence-electron chi connectivity index (χ0n) is 20.3. The van der Waals surface area contributed by atoms with E-state index in [2.05, 4.69) is 146 Å². The van der Waals surface area contributed by atoms with E-state index in [0.29, 0.717) is 0 Å². The molecular formula is C36H24S. The molecule has 174 valence electrons. The Morgan fingerprint density at radius 1 is 0.324 bits per heavy atom. The standard InChI is InChI=1S/C36H24S/c1-3-11-25(12-4-1)30-22-21-28(24-34(30)26-13-5-2-6-14-26)27-15-9-16-29(23-27)31-18-10-19-33-32-17-7-8-20-35(32)37-36(31)33/h1-24H. The van der Waals surface area contributed by atoms with Gasteiger partial charge < -0.3 is 0 Å². The van der Waals surface area contributed by atoms with Gasteiger partial charge in [-0.2, -0.15) is 0 Å². The second kappa shape index (κ2) is 9.20. The molecule has 0 amide bonds. The van der Waals surface area contributed by atoms with E-state index in [0.717, 1.165) is 0 Å². The van der Waals surface area contributed by atoms with Crippen molar-refractivity contribution < 1.29 is 0 Å². The SMILES string of the molecule is c1ccc(-c2ccc(-c3cccc(-c4cccc5c4sc4ccccc45)c3)cc2-c2ccccc2)cc1. The topological polar surface area (TPSA) is 0 Å². The minimum atomic E-state index is 1.23. The van der Waals surface area contributed by atoms with Crippen molar-refractivity contribution in [2.24, 2.45) is 0 Å². The molecule has 0 fully saturated rings. The molecule has 0 bridgehead atoms. The Morgan fingerprint density at radius 3 is 1.73 bits per heavy atom. The van der Waals surface area contributed by atoms with Crippen LogP contribution in [0.1, 0.15) is 0 Å². The molecule has 6 aromatic carbocycles. The number of benzene rings is 6. The molecule has 0 atom stereocenters. The molecular weight excluding hydrogens is 464 g/mol. The highest BCUT2D eigenvalue weighted by Crippen LogP contribution is 2.41. The molecule has 0 saturated heterocycles. The van der Waals surface area contributed by atoms with Crippen LogP contribution in [-0.2, 0) is 0 Å². The summed E-state index contributed by atoms with van der Waals surface area (Å²) < 4.78 is 2.69. The minimum Gasteiger partial charge on any atom is -0.135 e. The minimum absolute atomic E-state index is 1.23. The third-order valence-corrected chi connectivity index (χ3v) is 8.32. The predicted octanol–water partition coefficient (Wildman–Crippen LogP) is 10.7. The van der Waals surface area contributed by atoms with Crippen LogP contribution in [0.3, 0.4) is 0 Å². The van der Waals surface area contributed by atoms with Gasteiger partial charge in [0.2, 0.25) is 0 Å². The first-order valence-corrected chi connectivity index (χ1v) is 13.4. The Balaban J connectivity index is 1.38. The summed E-state index contributed by atoms with van der Waals surface area (Å²) >= 11 is 1.88. The number of hydrogen-bond donors (Lipinski definition) is 0. The third kappa shape index (κ3) is 3.94. The van der Waals surface area contributed by atoms with Gasteiger partial charge in [0.15, 0.2) is 0 Å². The maximum absolute atomic E-state index is 2.34. The van der Waals surface area contributed by atoms with Gasteiger partial charge in [-0.25, -0.2) is 0 Å². The lowest BCUT2D eigenvalue weighted by Crippen LogP contribution is -1.88. The van der Waals surface area contributed by atoms with E-state index in [1.807, 2.05) is 11.3 Å². The predicted molar refractivity (Wildman–Crippen MR) is 161 cm³/mol. The summed E-state index contributed by atoms with van der Waals surface area (Å²) in [5, 5.41) is 2.67. The van der Waals surface area contributed by atoms with Crippen LogP contribution in [0.2, 0.25) is 0 Å². The van der Waals surface area contributed by atoms with Crippen LogP contribution < -0.4 is 0 Å². The maximum Gasteiger partial charge on any atom is 0.0433 e. The van der Waals surface area contributed by atoms with E-state index in [4.69, 9.17) is 0 Å². The van der Waals surface area contributed by atoms with Crippen LogP contribution >= 0.6 is 11.3 Å². The lowest BCUT2D eigenvalue weighted by molar-refractivity contribution is 1.56. The Labute approximate surface area is 221 Å². The van der Waals surface area contributed by atoms with Crippen LogP contribution in [-0.4, -0.2) is 0 Å². The summed E-state index contributed by atoms with van der Waals surface area (Å²) in [6.07, 6.45) is 0. The Kier molecular flexibility index (Phi) is 5.42. The van der Waals surface area contributed by atoms with Crippen molar-refractivity contribution in [2.45, 2.75) is 0 Å². The van der Waals surface area contributed by atoms with Crippen molar-refractivity contribution in [1.29, 1.82) is 0 Å². The van der Waals surface area contributed by atoms with Gasteiger partial charge in [0.25, 0.3) is 0 Å². The van der Waals surface area contributed by atoms with Gasteiger partial charge in [-0.3, -0.25) is 0 Å². The van der Waals surface area contributed by atoms with Gasteiger partial charge in [-0.05, 0) is 62.7 Å². The fourth-order valence-electron chi connectivity index (χ4n) is 5.29. The van der Waals surface area contributed by atoms with Gasteiger partial charge in [-0.15, -0.1) is 11.3 Å². The second-order valence-electron chi connectivity index (χ2n) is 9.35. The van der Waals surface area contributed by atoms with Gasteiger partial charge in [0.05, 0.1) is 0 Å². The summed E-state index contributed by atoms with van der Waals surface area (Å²) in [6.45, 7) is 0. The summed E-state index contributed by atoms with van der Waals surface area (Å²) in [5.74, 6) is 0. The molecule has 0 unspecified atom stereocenters. The molecule has 0 radical (unpaired) electrons. The lowest BCUT2D eigenvalue weighted by atomic mass is 9.90. The smallest absolute Gasteiger partial charge is 0.0433 e. The van der Waals surface area contributed by atoms with E-state index < -0.39 is 0 Å². The Hall–Kier alpha value is -4.46. The number of fused-ring (bicyclic) bond motifs is 3. The average molecular weight is 489 g/mol. The first-order valence-electron chi connectivity index (χ1n) is 12.6. The molecule has 0 aliphatic heterocycles. The first kappa shape index (κ1) is 21.8. The van der Waals surface area contributed by atoms with E-state index in [1.54, 1.807) is 0 Å². The maximum atomic E-state index is 2.34. The molecule has 0 aliphatic carbocycles. The zero-order chi connectivity index (χ0) is 24.6. The van der Waals surface area contributed by atoms with Crippen LogP contribution in [0, 0.1) is 0 Å². The van der Waals surface area contributed by atoms with E-state index in [-0.39, 0.29) is 0 Å². The highest BCUT2D eigenvalue weighted by atomic mass is 32.1. The van der Waals surface area contributed by atoms with E-state index >= 15 is 0 Å². The quantitative estimate of drug-likeness (QED) is 0.231. The monoisotopic (exact) mass is 488 g/mol. The van der Waals surface area contributed by atoms with E-state index in [9.17, 15) is 0 Å². The van der Waals surface area contributed by atoms with Crippen LogP contribution in [0.15, 0.2) is 146 Å². The third-order valence-electron chi connectivity index (χ3n) is 7.10. The van der Waals surface area contributed by atoms with Gasteiger partial charge in [0, 0.05) is 20.2 Å². The molecule has 0 nitrogen and oxygen atoms in total. The van der Waals surface area contributed by atoms with Crippen molar-refractivity contribution in [1.82, 2.24) is 0 Å². The lowest BCUT2D eigenvalue weighted by Gasteiger charge is -2.14. The van der Waals surface area contributed by atoms with Gasteiger partial charge in [0.1, 0.15) is 0 Å². The van der Waals surface area contributed by atoms with Gasteiger partial charge in [-0.1, -0.05) is 127 Å². The molecule has 0 N–H and O–H groups in total. The van der Waals surface area contributed by atoms with Crippen molar-refractivity contribution in [3.8, 4) is 44.5 Å². The molecule has 0 aliphatic rings. The fourth-order valence-corrected chi connectivity index (χ4v) is 6.53. The average Bonchev–Trinajstić information content (AvgIpc) is 3.37. The molecule has 1 aromatic heterocycles. The number of thiophene rings is 1. The summed E-state index contributed by atoms with van der Waals surface area (Å²) in [4.78, 5) is 0. The van der Waals surface area contributed by atoms with Crippen LogP contribution in [0.25, 0.3) is 64.7 Å². The Bertz CT molecular complexity index is 1860. The fraction of sp³-hybridized carbons (Fsp3) is 0. The molecule has 37 heavy (non-hydrogen) atoms. The summed E-state index contributed by atoms with van der Waals surface area (Å²) in [7, 11) is 0. The molecule has 7 rings (SSSR count). The molecule has 1 heterocycles. The molecule has 0 spiro atoms. The highest BCUT2D eigenvalue weighted by molar-refractivity contribution is 7.26. The van der Waals surface area contributed by atoms with Crippen molar-refractivity contribution >= 4 is 31.5 Å². The van der Waals surface area contributed by atoms with Crippen molar-refractivity contribution in [2.75, 3.05) is 0 Å². The summed E-state index contributed by atoms with van der Waals surface area (Å²) in [6, 6.07) is 52.6. The largest absolute Gasteiger partial charge is 0.135 e. The Morgan fingerprint density at radius 2 is 0.919 bits per heavy atom. The number of hydrogen-bond acceptors (Lipinski definition) is 1. The van der Waals surface area contributed by atoms with Crippen LogP contribution in [0.5, 0.6) is 0 Å². The zero-order valence-corrected chi connectivity index (χ0v) is 21.1. The van der Waals surface area contributed by atoms with Crippen LogP contribution in [0.4, 0.5) is 0 Å². The van der Waals surface area contributed by atoms with E-state index in [1.165, 1.54) is 64.7 Å². The summed E-state index contributed by atoms with van der Waals surface area (Å²) in [5.41, 5.74) is 9.97. The van der Waals surface area contributed by atoms with Crippen molar-refractivity contribution in [3.05, 3.63) is 146 Å². The van der Waals surface area contributed by atoms with Crippen molar-refractivity contribution in [3.63, 3.8) is 0 Å².